The number of nitrogens with zero attached hydrogens (tertiary/aromatic N) is 3. The zero-order valence-corrected chi connectivity index (χ0v) is 12.7. The zero-order chi connectivity index (χ0) is 14.7. The molecule has 0 radical (unpaired) electrons. The van der Waals surface area contributed by atoms with E-state index in [9.17, 15) is 0 Å². The van der Waals surface area contributed by atoms with E-state index in [1.807, 2.05) is 53.2 Å². The molecule has 0 amide bonds. The Kier molecular flexibility index (Phi) is 4.08. The van der Waals surface area contributed by atoms with Gasteiger partial charge in [0.1, 0.15) is 17.5 Å². The highest BCUT2D eigenvalue weighted by molar-refractivity contribution is 5.75. The van der Waals surface area contributed by atoms with Crippen LogP contribution in [0.25, 0.3) is 0 Å². The van der Waals surface area contributed by atoms with Crippen LogP contribution in [0, 0.1) is 13.8 Å². The largest absolute Gasteiger partial charge is 0.376 e. The van der Waals surface area contributed by atoms with Crippen LogP contribution in [-0.2, 0) is 0 Å². The van der Waals surface area contributed by atoms with Crippen LogP contribution in [0.4, 0.5) is 23.0 Å². The molecule has 0 spiro atoms. The molecule has 5 heteroatoms. The van der Waals surface area contributed by atoms with Crippen molar-refractivity contribution in [1.29, 1.82) is 0 Å². The Morgan fingerprint density at radius 1 is 1.00 bits per heavy atom. The summed E-state index contributed by atoms with van der Waals surface area (Å²) in [6.45, 7) is 3.90. The van der Waals surface area contributed by atoms with Gasteiger partial charge in [-0.2, -0.15) is 0 Å². The Hall–Kier alpha value is -2.30. The number of hydrogen-bond acceptors (Lipinski definition) is 5. The smallest absolute Gasteiger partial charge is 0.139 e. The van der Waals surface area contributed by atoms with Crippen molar-refractivity contribution in [3.63, 3.8) is 0 Å². The van der Waals surface area contributed by atoms with Crippen molar-refractivity contribution in [3.8, 4) is 0 Å². The average molecular weight is 271 g/mol. The van der Waals surface area contributed by atoms with Crippen molar-refractivity contribution in [2.45, 2.75) is 13.8 Å². The fourth-order valence-corrected chi connectivity index (χ4v) is 2.09. The van der Waals surface area contributed by atoms with E-state index in [0.29, 0.717) is 0 Å². The molecule has 2 N–H and O–H groups in total. The minimum absolute atomic E-state index is 0.741. The number of rotatable bonds is 4. The topological polar surface area (TPSA) is 53.1 Å². The van der Waals surface area contributed by atoms with Gasteiger partial charge in [0.05, 0.1) is 11.4 Å². The van der Waals surface area contributed by atoms with Crippen molar-refractivity contribution in [1.82, 2.24) is 9.97 Å². The van der Waals surface area contributed by atoms with E-state index in [4.69, 9.17) is 0 Å². The van der Waals surface area contributed by atoms with Crippen LogP contribution >= 0.6 is 0 Å². The molecule has 0 saturated carbocycles. The molecule has 1 aromatic carbocycles. The lowest BCUT2D eigenvalue weighted by Crippen LogP contribution is -2.12. The first-order valence-electron chi connectivity index (χ1n) is 6.59. The number of para-hydroxylation sites is 2. The quantitative estimate of drug-likeness (QED) is 0.895. The van der Waals surface area contributed by atoms with E-state index in [-0.39, 0.29) is 0 Å². The van der Waals surface area contributed by atoms with Crippen LogP contribution in [0.1, 0.15) is 11.4 Å². The Morgan fingerprint density at radius 3 is 2.30 bits per heavy atom. The highest BCUT2D eigenvalue weighted by Gasteiger charge is 2.10. The molecule has 0 saturated heterocycles. The van der Waals surface area contributed by atoms with Crippen molar-refractivity contribution in [3.05, 3.63) is 35.7 Å². The first-order valence-corrected chi connectivity index (χ1v) is 6.59. The predicted octanol–water partition coefficient (Wildman–Crippen LogP) is 2.94. The second kappa shape index (κ2) is 5.77. The standard InChI is InChI=1S/C15H21N5/c1-10-14(16-3)17-11(2)18-15(10)19-12-8-6-7-9-13(12)20(4)5/h6-9H,1-5H3,(H2,16,17,18,19). The zero-order valence-electron chi connectivity index (χ0n) is 12.7. The van der Waals surface area contributed by atoms with Gasteiger partial charge in [0.25, 0.3) is 0 Å². The molecule has 0 fully saturated rings. The Balaban J connectivity index is 2.43. The summed E-state index contributed by atoms with van der Waals surface area (Å²) in [5.41, 5.74) is 3.15. The number of aromatic nitrogens is 2. The molecular weight excluding hydrogens is 250 g/mol. The van der Waals surface area contributed by atoms with Gasteiger partial charge in [-0.1, -0.05) is 12.1 Å². The molecule has 1 heterocycles. The fourth-order valence-electron chi connectivity index (χ4n) is 2.09. The maximum absolute atomic E-state index is 4.50. The van der Waals surface area contributed by atoms with Crippen molar-refractivity contribution in [2.24, 2.45) is 0 Å². The highest BCUT2D eigenvalue weighted by atomic mass is 15.1. The number of hydrogen-bond donors (Lipinski definition) is 2. The molecule has 106 valence electrons. The van der Waals surface area contributed by atoms with Gasteiger partial charge in [-0.3, -0.25) is 0 Å². The Labute approximate surface area is 120 Å². The molecular formula is C15H21N5. The molecule has 0 atom stereocenters. The molecule has 0 bridgehead atoms. The van der Waals surface area contributed by atoms with Gasteiger partial charge in [-0.05, 0) is 26.0 Å². The molecule has 5 nitrogen and oxygen atoms in total. The summed E-state index contributed by atoms with van der Waals surface area (Å²) >= 11 is 0. The molecule has 2 aromatic rings. The predicted molar refractivity (Wildman–Crippen MR) is 85.1 cm³/mol. The summed E-state index contributed by atoms with van der Waals surface area (Å²) in [7, 11) is 5.92. The normalized spacial score (nSPS) is 10.2. The van der Waals surface area contributed by atoms with E-state index in [1.54, 1.807) is 0 Å². The minimum atomic E-state index is 0.741. The lowest BCUT2D eigenvalue weighted by Gasteiger charge is -2.19. The van der Waals surface area contributed by atoms with Crippen molar-refractivity contribution in [2.75, 3.05) is 36.7 Å². The first kappa shape index (κ1) is 14.1. The number of benzene rings is 1. The minimum Gasteiger partial charge on any atom is -0.376 e. The first-order chi connectivity index (χ1) is 9.52. The van der Waals surface area contributed by atoms with Gasteiger partial charge in [0.15, 0.2) is 0 Å². The molecule has 1 aromatic heterocycles. The molecule has 0 unspecified atom stereocenters. The number of aryl methyl sites for hydroxylation is 1. The third kappa shape index (κ3) is 2.82. The van der Waals surface area contributed by atoms with Crippen LogP contribution in [0.2, 0.25) is 0 Å². The summed E-state index contributed by atoms with van der Waals surface area (Å²) in [6, 6.07) is 8.16. The summed E-state index contributed by atoms with van der Waals surface area (Å²) in [5.74, 6) is 2.42. The van der Waals surface area contributed by atoms with Crippen LogP contribution in [0.15, 0.2) is 24.3 Å². The lowest BCUT2D eigenvalue weighted by molar-refractivity contribution is 1.03. The average Bonchev–Trinajstić information content (AvgIpc) is 2.42. The van der Waals surface area contributed by atoms with Crippen molar-refractivity contribution < 1.29 is 0 Å². The number of nitrogens with one attached hydrogen (secondary N) is 2. The Bertz CT molecular complexity index is 607. The summed E-state index contributed by atoms with van der Waals surface area (Å²) < 4.78 is 0. The van der Waals surface area contributed by atoms with Gasteiger partial charge >= 0.3 is 0 Å². The Morgan fingerprint density at radius 2 is 1.65 bits per heavy atom. The molecule has 2 rings (SSSR count). The summed E-state index contributed by atoms with van der Waals surface area (Å²) in [4.78, 5) is 10.9. The maximum Gasteiger partial charge on any atom is 0.139 e. The van der Waals surface area contributed by atoms with Gasteiger partial charge in [-0.25, -0.2) is 9.97 Å². The monoisotopic (exact) mass is 271 g/mol. The van der Waals surface area contributed by atoms with Gasteiger partial charge in [-0.15, -0.1) is 0 Å². The van der Waals surface area contributed by atoms with E-state index in [0.717, 1.165) is 34.4 Å². The van der Waals surface area contributed by atoms with E-state index >= 15 is 0 Å². The van der Waals surface area contributed by atoms with E-state index < -0.39 is 0 Å². The second-order valence-electron chi connectivity index (χ2n) is 4.88. The number of anilines is 4. The maximum atomic E-state index is 4.50. The molecule has 20 heavy (non-hydrogen) atoms. The van der Waals surface area contributed by atoms with E-state index in [2.05, 4.69) is 31.6 Å². The molecule has 0 aliphatic heterocycles. The van der Waals surface area contributed by atoms with E-state index in [1.165, 1.54) is 0 Å². The van der Waals surface area contributed by atoms with Crippen LogP contribution in [0.5, 0.6) is 0 Å². The SMILES string of the molecule is CNc1nc(C)nc(Nc2ccccc2N(C)C)c1C. The second-order valence-corrected chi connectivity index (χ2v) is 4.88. The van der Waals surface area contributed by atoms with Gasteiger partial charge in [0.2, 0.25) is 0 Å². The third-order valence-corrected chi connectivity index (χ3v) is 3.13. The van der Waals surface area contributed by atoms with Crippen LogP contribution in [-0.4, -0.2) is 31.1 Å². The van der Waals surface area contributed by atoms with Gasteiger partial charge < -0.3 is 15.5 Å². The van der Waals surface area contributed by atoms with Crippen LogP contribution < -0.4 is 15.5 Å². The summed E-state index contributed by atoms with van der Waals surface area (Å²) in [6.07, 6.45) is 0. The summed E-state index contributed by atoms with van der Waals surface area (Å²) in [5, 5.41) is 6.50. The molecule has 0 aliphatic rings. The van der Waals surface area contributed by atoms with Crippen LogP contribution in [0.3, 0.4) is 0 Å². The highest BCUT2D eigenvalue weighted by Crippen LogP contribution is 2.29. The van der Waals surface area contributed by atoms with Gasteiger partial charge in [0, 0.05) is 26.7 Å². The third-order valence-electron chi connectivity index (χ3n) is 3.13. The lowest BCUT2D eigenvalue weighted by atomic mass is 10.2. The van der Waals surface area contributed by atoms with Crippen molar-refractivity contribution >= 4 is 23.0 Å². The molecule has 0 aliphatic carbocycles. The fraction of sp³-hybridized carbons (Fsp3) is 0.333.